The Hall–Kier alpha value is -3.96. The first-order chi connectivity index (χ1) is 16.9. The maximum atomic E-state index is 12.7. The number of ether oxygens (including phenoxy) is 2. The Morgan fingerprint density at radius 1 is 1.03 bits per heavy atom. The number of nitrogens with one attached hydrogen (secondary N) is 3. The summed E-state index contributed by atoms with van der Waals surface area (Å²) in [7, 11) is 1.26. The van der Waals surface area contributed by atoms with Crippen LogP contribution in [-0.4, -0.2) is 63.4 Å². The van der Waals surface area contributed by atoms with E-state index in [1.165, 1.54) is 24.9 Å². The Labute approximate surface area is 210 Å². The summed E-state index contributed by atoms with van der Waals surface area (Å²) in [5.74, 6) is -1.18. The second kappa shape index (κ2) is 12.7. The first-order valence-corrected chi connectivity index (χ1v) is 11.5. The van der Waals surface area contributed by atoms with E-state index in [1.54, 1.807) is 27.7 Å². The van der Waals surface area contributed by atoms with Gasteiger partial charge in [-0.3, -0.25) is 9.59 Å². The van der Waals surface area contributed by atoms with Crippen molar-refractivity contribution in [3.8, 4) is 0 Å². The molecule has 0 saturated carbocycles. The van der Waals surface area contributed by atoms with Gasteiger partial charge in [0, 0.05) is 6.42 Å². The number of carbonyl (C=O) groups is 4. The largest absolute Gasteiger partial charge is 0.467 e. The van der Waals surface area contributed by atoms with Crippen LogP contribution in [0, 0.1) is 0 Å². The minimum Gasteiger partial charge on any atom is -0.467 e. The van der Waals surface area contributed by atoms with Gasteiger partial charge in [0.2, 0.25) is 11.8 Å². The van der Waals surface area contributed by atoms with Gasteiger partial charge in [0.1, 0.15) is 30.6 Å². The summed E-state index contributed by atoms with van der Waals surface area (Å²) in [5, 5.41) is 15.7. The van der Waals surface area contributed by atoms with Gasteiger partial charge >= 0.3 is 12.1 Å². The van der Waals surface area contributed by atoms with Crippen LogP contribution >= 0.6 is 0 Å². The van der Waals surface area contributed by atoms with Crippen LogP contribution < -0.4 is 16.0 Å². The number of hydrogen-bond donors (Lipinski definition) is 3. The van der Waals surface area contributed by atoms with Crippen LogP contribution in [0.2, 0.25) is 0 Å². The number of carbonyl (C=O) groups excluding carboxylic acids is 4. The van der Waals surface area contributed by atoms with E-state index in [4.69, 9.17) is 9.47 Å². The first-order valence-electron chi connectivity index (χ1n) is 11.5. The standard InChI is InChI=1S/C24H34N6O6/c1-15(26-21(32)16(2)27-23(34)36-24(3,4)5)20-29-25-14-30(20)13-19(31)28-18(22(33)35-6)12-17-10-8-7-9-11-17/h7-11,14-16,18H,12-13H2,1-6H3,(H,26,32)(H,27,34)(H,28,31)/t15-,16+,18-/m0/s1. The number of benzene rings is 1. The molecule has 0 aliphatic heterocycles. The van der Waals surface area contributed by atoms with Gasteiger partial charge in [0.05, 0.1) is 13.2 Å². The second-order valence-corrected chi connectivity index (χ2v) is 9.25. The number of amides is 3. The fourth-order valence-corrected chi connectivity index (χ4v) is 3.25. The Kier molecular flexibility index (Phi) is 9.94. The van der Waals surface area contributed by atoms with Crippen molar-refractivity contribution in [1.82, 2.24) is 30.7 Å². The molecule has 2 rings (SSSR count). The highest BCUT2D eigenvalue weighted by Crippen LogP contribution is 2.11. The number of hydrogen-bond acceptors (Lipinski definition) is 8. The monoisotopic (exact) mass is 502 g/mol. The molecule has 1 aromatic heterocycles. The van der Waals surface area contributed by atoms with Gasteiger partial charge in [-0.1, -0.05) is 30.3 Å². The van der Waals surface area contributed by atoms with Crippen LogP contribution in [-0.2, 0) is 36.8 Å². The summed E-state index contributed by atoms with van der Waals surface area (Å²) >= 11 is 0. The average Bonchev–Trinajstić information content (AvgIpc) is 3.25. The minimum atomic E-state index is -0.874. The van der Waals surface area contributed by atoms with Crippen molar-refractivity contribution in [3.63, 3.8) is 0 Å². The van der Waals surface area contributed by atoms with E-state index in [1.807, 2.05) is 30.3 Å². The average molecular weight is 503 g/mol. The number of esters is 1. The van der Waals surface area contributed by atoms with Gasteiger partial charge in [-0.25, -0.2) is 9.59 Å². The third kappa shape index (κ3) is 9.01. The summed E-state index contributed by atoms with van der Waals surface area (Å²) in [6.07, 6.45) is 0.904. The zero-order valence-corrected chi connectivity index (χ0v) is 21.4. The molecule has 12 nitrogen and oxygen atoms in total. The Bertz CT molecular complexity index is 1050. The zero-order valence-electron chi connectivity index (χ0n) is 21.4. The topological polar surface area (TPSA) is 154 Å². The van der Waals surface area contributed by atoms with E-state index < -0.39 is 47.6 Å². The van der Waals surface area contributed by atoms with E-state index >= 15 is 0 Å². The molecule has 2 aromatic rings. The van der Waals surface area contributed by atoms with Crippen molar-refractivity contribution in [2.45, 2.75) is 71.3 Å². The fourth-order valence-electron chi connectivity index (χ4n) is 3.25. The highest BCUT2D eigenvalue weighted by Gasteiger charge is 2.25. The first kappa shape index (κ1) is 28.3. The molecule has 1 heterocycles. The molecule has 1 aromatic carbocycles. The third-order valence-electron chi connectivity index (χ3n) is 4.94. The lowest BCUT2D eigenvalue weighted by Crippen LogP contribution is -2.47. The molecule has 0 aliphatic carbocycles. The molecule has 0 aliphatic rings. The lowest BCUT2D eigenvalue weighted by atomic mass is 10.1. The lowest BCUT2D eigenvalue weighted by molar-refractivity contribution is -0.145. The van der Waals surface area contributed by atoms with Gasteiger partial charge < -0.3 is 30.0 Å². The molecular formula is C24H34N6O6. The zero-order chi connectivity index (χ0) is 26.9. The molecular weight excluding hydrogens is 468 g/mol. The predicted octanol–water partition coefficient (Wildman–Crippen LogP) is 1.27. The SMILES string of the molecule is COC(=O)[C@H](Cc1ccccc1)NC(=O)Cn1cnnc1[C@H](C)NC(=O)[C@@H](C)NC(=O)OC(C)(C)C. The molecule has 3 atom stereocenters. The summed E-state index contributed by atoms with van der Waals surface area (Å²) in [6, 6.07) is 6.87. The molecule has 0 spiro atoms. The van der Waals surface area contributed by atoms with E-state index in [0.717, 1.165) is 5.56 Å². The molecule has 3 N–H and O–H groups in total. The molecule has 3 amide bonds. The van der Waals surface area contributed by atoms with E-state index in [9.17, 15) is 19.2 Å². The highest BCUT2D eigenvalue weighted by atomic mass is 16.6. The van der Waals surface area contributed by atoms with Crippen LogP contribution in [0.15, 0.2) is 36.7 Å². The number of aromatic nitrogens is 3. The van der Waals surface area contributed by atoms with Gasteiger partial charge in [-0.05, 0) is 40.2 Å². The Balaban J connectivity index is 1.98. The number of alkyl carbamates (subject to hydrolysis) is 1. The predicted molar refractivity (Wildman–Crippen MR) is 130 cm³/mol. The molecule has 196 valence electrons. The number of rotatable bonds is 10. The van der Waals surface area contributed by atoms with Crippen LogP contribution in [0.4, 0.5) is 4.79 Å². The van der Waals surface area contributed by atoms with Crippen LogP contribution in [0.5, 0.6) is 0 Å². The minimum absolute atomic E-state index is 0.184. The van der Waals surface area contributed by atoms with Gasteiger partial charge in [0.25, 0.3) is 0 Å². The third-order valence-corrected chi connectivity index (χ3v) is 4.94. The Morgan fingerprint density at radius 2 is 1.69 bits per heavy atom. The lowest BCUT2D eigenvalue weighted by Gasteiger charge is -2.22. The van der Waals surface area contributed by atoms with Crippen molar-refractivity contribution >= 4 is 23.9 Å². The fraction of sp³-hybridized carbons (Fsp3) is 0.500. The van der Waals surface area contributed by atoms with Gasteiger partial charge in [0.15, 0.2) is 5.82 Å². The molecule has 12 heteroatoms. The second-order valence-electron chi connectivity index (χ2n) is 9.25. The van der Waals surface area contributed by atoms with Crippen molar-refractivity contribution in [2.24, 2.45) is 0 Å². The molecule has 36 heavy (non-hydrogen) atoms. The molecule has 0 unspecified atom stereocenters. The normalized spacial score (nSPS) is 13.6. The van der Waals surface area contributed by atoms with Crippen molar-refractivity contribution in [3.05, 3.63) is 48.0 Å². The van der Waals surface area contributed by atoms with Crippen LogP contribution in [0.3, 0.4) is 0 Å². The van der Waals surface area contributed by atoms with E-state index in [0.29, 0.717) is 5.82 Å². The smallest absolute Gasteiger partial charge is 0.408 e. The van der Waals surface area contributed by atoms with E-state index in [-0.39, 0.29) is 13.0 Å². The Morgan fingerprint density at radius 3 is 2.31 bits per heavy atom. The van der Waals surface area contributed by atoms with Gasteiger partial charge in [-0.2, -0.15) is 0 Å². The maximum Gasteiger partial charge on any atom is 0.408 e. The quantitative estimate of drug-likeness (QED) is 0.411. The highest BCUT2D eigenvalue weighted by molar-refractivity contribution is 5.86. The number of methoxy groups -OCH3 is 1. The van der Waals surface area contributed by atoms with Crippen molar-refractivity contribution in [1.29, 1.82) is 0 Å². The van der Waals surface area contributed by atoms with Crippen molar-refractivity contribution < 1.29 is 28.7 Å². The van der Waals surface area contributed by atoms with Crippen molar-refractivity contribution in [2.75, 3.05) is 7.11 Å². The van der Waals surface area contributed by atoms with Gasteiger partial charge in [-0.15, -0.1) is 10.2 Å². The molecule has 0 saturated heterocycles. The van der Waals surface area contributed by atoms with Crippen LogP contribution in [0.1, 0.15) is 52.0 Å². The molecule has 0 fully saturated rings. The van der Waals surface area contributed by atoms with E-state index in [2.05, 4.69) is 26.1 Å². The number of nitrogens with zero attached hydrogens (tertiary/aromatic N) is 3. The summed E-state index contributed by atoms with van der Waals surface area (Å²) in [5.41, 5.74) is 0.169. The van der Waals surface area contributed by atoms with Crippen LogP contribution in [0.25, 0.3) is 0 Å². The summed E-state index contributed by atoms with van der Waals surface area (Å²) in [4.78, 5) is 49.4. The summed E-state index contributed by atoms with van der Waals surface area (Å²) in [6.45, 7) is 8.16. The summed E-state index contributed by atoms with van der Waals surface area (Å²) < 4.78 is 11.5. The molecule has 0 radical (unpaired) electrons. The maximum absolute atomic E-state index is 12.7. The molecule has 0 bridgehead atoms.